The Morgan fingerprint density at radius 3 is 2.64 bits per heavy atom. The number of carbonyl (C=O) groups excluding carboxylic acids is 1. The first-order chi connectivity index (χ1) is 18.7. The number of amides is 1. The standard InChI is InChI=1S/C26H27F3N8O2/c1-16-24(39-2)23(32-15-31-16)18-3-4-19-20(12-18)34-25(33-19)35-21-11-17(5-6-30-21)14-36-7-9-37(10-8-36)22(38)13-26(27,28)29/h3-6,11-12,15H,7-10,13-14H2,1-2H3,(H2,30,33,34,35). The molecule has 3 aromatic heterocycles. The van der Waals surface area contributed by atoms with E-state index in [9.17, 15) is 18.0 Å². The number of hydrogen-bond acceptors (Lipinski definition) is 8. The monoisotopic (exact) mass is 540 g/mol. The third-order valence-electron chi connectivity index (χ3n) is 6.50. The van der Waals surface area contributed by atoms with Gasteiger partial charge in [0, 0.05) is 44.5 Å². The fourth-order valence-electron chi connectivity index (χ4n) is 4.59. The summed E-state index contributed by atoms with van der Waals surface area (Å²) in [5.41, 5.74) is 4.85. The Morgan fingerprint density at radius 1 is 1.10 bits per heavy atom. The highest BCUT2D eigenvalue weighted by atomic mass is 19.4. The van der Waals surface area contributed by atoms with Gasteiger partial charge in [0.15, 0.2) is 5.75 Å². The van der Waals surface area contributed by atoms with E-state index in [1.165, 1.54) is 11.2 Å². The number of halogens is 3. The summed E-state index contributed by atoms with van der Waals surface area (Å²) >= 11 is 0. The summed E-state index contributed by atoms with van der Waals surface area (Å²) in [7, 11) is 1.59. The van der Waals surface area contributed by atoms with Crippen molar-refractivity contribution in [3.8, 4) is 17.0 Å². The number of methoxy groups -OCH3 is 1. The fourth-order valence-corrected chi connectivity index (χ4v) is 4.59. The van der Waals surface area contributed by atoms with E-state index < -0.39 is 18.5 Å². The van der Waals surface area contributed by atoms with Crippen LogP contribution < -0.4 is 10.1 Å². The average molecular weight is 541 g/mol. The molecular formula is C26H27F3N8O2. The molecule has 1 saturated heterocycles. The second-order valence-electron chi connectivity index (χ2n) is 9.28. The summed E-state index contributed by atoms with van der Waals surface area (Å²) in [6.07, 6.45) is -2.71. The number of fused-ring (bicyclic) bond motifs is 1. The van der Waals surface area contributed by atoms with Crippen molar-refractivity contribution in [1.82, 2.24) is 34.7 Å². The first kappa shape index (κ1) is 26.4. The molecule has 1 fully saturated rings. The van der Waals surface area contributed by atoms with E-state index in [1.807, 2.05) is 37.3 Å². The summed E-state index contributed by atoms with van der Waals surface area (Å²) in [5, 5.41) is 3.20. The van der Waals surface area contributed by atoms with Crippen molar-refractivity contribution in [2.24, 2.45) is 0 Å². The quantitative estimate of drug-likeness (QED) is 0.361. The van der Waals surface area contributed by atoms with E-state index in [4.69, 9.17) is 4.74 Å². The van der Waals surface area contributed by atoms with E-state index in [-0.39, 0.29) is 13.1 Å². The maximum Gasteiger partial charge on any atom is 0.397 e. The third kappa shape index (κ3) is 6.25. The van der Waals surface area contributed by atoms with Crippen molar-refractivity contribution in [3.05, 3.63) is 54.1 Å². The van der Waals surface area contributed by atoms with Crippen molar-refractivity contribution in [3.63, 3.8) is 0 Å². The van der Waals surface area contributed by atoms with Crippen LogP contribution in [-0.2, 0) is 11.3 Å². The lowest BCUT2D eigenvalue weighted by atomic mass is 10.1. The van der Waals surface area contributed by atoms with Crippen molar-refractivity contribution in [1.29, 1.82) is 0 Å². The summed E-state index contributed by atoms with van der Waals surface area (Å²) in [6, 6.07) is 9.54. The molecule has 1 aliphatic rings. The summed E-state index contributed by atoms with van der Waals surface area (Å²) in [4.78, 5) is 36.0. The van der Waals surface area contributed by atoms with Gasteiger partial charge in [0.05, 0.1) is 23.8 Å². The molecule has 0 aliphatic carbocycles. The maximum absolute atomic E-state index is 12.5. The average Bonchev–Trinajstić information content (AvgIpc) is 3.29. The van der Waals surface area contributed by atoms with Gasteiger partial charge in [-0.2, -0.15) is 13.2 Å². The highest BCUT2D eigenvalue weighted by Crippen LogP contribution is 2.31. The highest BCUT2D eigenvalue weighted by Gasteiger charge is 2.34. The number of H-pyrrole nitrogens is 1. The van der Waals surface area contributed by atoms with E-state index in [0.29, 0.717) is 42.8 Å². The number of nitrogens with one attached hydrogen (secondary N) is 2. The number of anilines is 2. The molecule has 0 saturated carbocycles. The fraction of sp³-hybridized carbons (Fsp3) is 0.346. The zero-order chi connectivity index (χ0) is 27.6. The van der Waals surface area contributed by atoms with Gasteiger partial charge in [0.25, 0.3) is 0 Å². The predicted molar refractivity (Wildman–Crippen MR) is 138 cm³/mol. The van der Waals surface area contributed by atoms with Gasteiger partial charge in [0.1, 0.15) is 24.3 Å². The molecule has 204 valence electrons. The molecule has 1 aromatic carbocycles. The number of aryl methyl sites for hydroxylation is 1. The predicted octanol–water partition coefficient (Wildman–Crippen LogP) is 4.07. The smallest absolute Gasteiger partial charge is 0.397 e. The van der Waals surface area contributed by atoms with Crippen molar-refractivity contribution >= 4 is 28.7 Å². The molecule has 5 rings (SSSR count). The molecular weight excluding hydrogens is 513 g/mol. The summed E-state index contributed by atoms with van der Waals surface area (Å²) in [6.45, 7) is 3.98. The minimum atomic E-state index is -4.49. The number of pyridine rings is 1. The van der Waals surface area contributed by atoms with Crippen molar-refractivity contribution in [2.45, 2.75) is 26.1 Å². The van der Waals surface area contributed by atoms with Gasteiger partial charge in [-0.15, -0.1) is 0 Å². The summed E-state index contributed by atoms with van der Waals surface area (Å²) in [5.74, 6) is 0.861. The van der Waals surface area contributed by atoms with Crippen LogP contribution in [0.15, 0.2) is 42.9 Å². The molecule has 0 bridgehead atoms. The number of imidazole rings is 1. The zero-order valence-corrected chi connectivity index (χ0v) is 21.4. The number of rotatable bonds is 7. The van der Waals surface area contributed by atoms with Crippen LogP contribution in [0, 0.1) is 6.92 Å². The first-order valence-corrected chi connectivity index (χ1v) is 12.3. The van der Waals surface area contributed by atoms with Crippen molar-refractivity contribution in [2.75, 3.05) is 38.6 Å². The Hall–Kier alpha value is -4.26. The molecule has 0 radical (unpaired) electrons. The van der Waals surface area contributed by atoms with Gasteiger partial charge < -0.3 is 19.9 Å². The Balaban J connectivity index is 1.23. The molecule has 0 atom stereocenters. The van der Waals surface area contributed by atoms with Crippen molar-refractivity contribution < 1.29 is 22.7 Å². The maximum atomic E-state index is 12.5. The number of carbonyl (C=O) groups is 1. The molecule has 4 heterocycles. The molecule has 0 spiro atoms. The van der Waals surface area contributed by atoms with Gasteiger partial charge in [-0.05, 0) is 36.8 Å². The number of alkyl halides is 3. The number of piperazine rings is 1. The first-order valence-electron chi connectivity index (χ1n) is 12.3. The number of benzene rings is 1. The zero-order valence-electron chi connectivity index (χ0n) is 21.4. The lowest BCUT2D eigenvalue weighted by Gasteiger charge is -2.35. The molecule has 1 amide bonds. The Labute approximate surface area is 222 Å². The van der Waals surface area contributed by atoms with Gasteiger partial charge in [-0.1, -0.05) is 6.07 Å². The normalized spacial score (nSPS) is 14.5. The number of aromatic nitrogens is 5. The summed E-state index contributed by atoms with van der Waals surface area (Å²) < 4.78 is 43.1. The topological polar surface area (TPSA) is 112 Å². The van der Waals surface area contributed by atoms with Crippen LogP contribution in [0.4, 0.5) is 24.9 Å². The van der Waals surface area contributed by atoms with E-state index in [0.717, 1.165) is 27.9 Å². The van der Waals surface area contributed by atoms with Gasteiger partial charge in [-0.25, -0.2) is 19.9 Å². The van der Waals surface area contributed by atoms with Crippen LogP contribution in [-0.4, -0.2) is 80.1 Å². The molecule has 10 nitrogen and oxygen atoms in total. The second-order valence-corrected chi connectivity index (χ2v) is 9.28. The Bertz CT molecular complexity index is 1480. The lowest BCUT2D eigenvalue weighted by Crippen LogP contribution is -2.49. The number of ether oxygens (including phenoxy) is 1. The van der Waals surface area contributed by atoms with E-state index in [1.54, 1.807) is 13.3 Å². The van der Waals surface area contributed by atoms with Gasteiger partial charge >= 0.3 is 6.18 Å². The van der Waals surface area contributed by atoms with Crippen LogP contribution in [0.25, 0.3) is 22.3 Å². The van der Waals surface area contributed by atoms with Crippen LogP contribution in [0.5, 0.6) is 5.75 Å². The Kier molecular flexibility index (Phi) is 7.33. The SMILES string of the molecule is COc1c(C)ncnc1-c1ccc2nc(Nc3cc(CN4CCN(C(=O)CC(F)(F)F)CC4)ccn3)[nH]c2c1. The van der Waals surface area contributed by atoms with Crippen LogP contribution in [0.1, 0.15) is 17.7 Å². The minimum absolute atomic E-state index is 0.270. The second kappa shape index (κ2) is 10.8. The van der Waals surface area contributed by atoms with Crippen LogP contribution in [0.2, 0.25) is 0 Å². The molecule has 4 aromatic rings. The van der Waals surface area contributed by atoms with Gasteiger partial charge in [-0.3, -0.25) is 9.69 Å². The lowest BCUT2D eigenvalue weighted by molar-refractivity contribution is -0.162. The van der Waals surface area contributed by atoms with Crippen LogP contribution >= 0.6 is 0 Å². The van der Waals surface area contributed by atoms with Gasteiger partial charge in [0.2, 0.25) is 11.9 Å². The molecule has 13 heteroatoms. The number of aromatic amines is 1. The molecule has 39 heavy (non-hydrogen) atoms. The van der Waals surface area contributed by atoms with E-state index in [2.05, 4.69) is 35.1 Å². The molecule has 1 aliphatic heterocycles. The van der Waals surface area contributed by atoms with E-state index >= 15 is 0 Å². The third-order valence-corrected chi connectivity index (χ3v) is 6.50. The number of nitrogens with zero attached hydrogens (tertiary/aromatic N) is 6. The molecule has 0 unspecified atom stereocenters. The largest absolute Gasteiger partial charge is 0.493 e. The highest BCUT2D eigenvalue weighted by molar-refractivity contribution is 5.84. The number of hydrogen-bond donors (Lipinski definition) is 2. The Morgan fingerprint density at radius 2 is 1.90 bits per heavy atom. The molecule has 2 N–H and O–H groups in total. The minimum Gasteiger partial charge on any atom is -0.493 e. The van der Waals surface area contributed by atoms with Crippen LogP contribution in [0.3, 0.4) is 0 Å².